The summed E-state index contributed by atoms with van der Waals surface area (Å²) in [7, 11) is 0. The van der Waals surface area contributed by atoms with Gasteiger partial charge in [0.15, 0.2) is 0 Å². The van der Waals surface area contributed by atoms with Crippen LogP contribution in [-0.4, -0.2) is 28.9 Å². The third-order valence-corrected chi connectivity index (χ3v) is 2.91. The van der Waals surface area contributed by atoms with Gasteiger partial charge in [0, 0.05) is 31.5 Å². The molecule has 0 saturated carbocycles. The lowest BCUT2D eigenvalue weighted by Gasteiger charge is -2.07. The Labute approximate surface area is 101 Å². The van der Waals surface area contributed by atoms with Gasteiger partial charge >= 0.3 is 0 Å². The average Bonchev–Trinajstić information content (AvgIpc) is 2.97. The number of carbonyl (C=O) groups excluding carboxylic acids is 1. The van der Waals surface area contributed by atoms with E-state index in [1.54, 1.807) is 6.20 Å². The molecule has 17 heavy (non-hydrogen) atoms. The van der Waals surface area contributed by atoms with Crippen LogP contribution in [-0.2, 0) is 22.6 Å². The van der Waals surface area contributed by atoms with Gasteiger partial charge in [-0.05, 0) is 12.8 Å². The molecule has 5 heteroatoms. The first-order chi connectivity index (χ1) is 8.29. The molecule has 1 fully saturated rings. The summed E-state index contributed by atoms with van der Waals surface area (Å²) in [5.74, 6) is 0.117. The van der Waals surface area contributed by atoms with Gasteiger partial charge in [-0.3, -0.25) is 9.48 Å². The number of nitrogens with one attached hydrogen (secondary N) is 1. The first-order valence-electron chi connectivity index (χ1n) is 6.16. The summed E-state index contributed by atoms with van der Waals surface area (Å²) >= 11 is 0. The van der Waals surface area contributed by atoms with Gasteiger partial charge in [-0.25, -0.2) is 0 Å². The van der Waals surface area contributed by atoms with Gasteiger partial charge in [0.25, 0.3) is 0 Å². The van der Waals surface area contributed by atoms with Gasteiger partial charge in [-0.2, -0.15) is 5.10 Å². The number of ether oxygens (including phenoxy) is 1. The van der Waals surface area contributed by atoms with E-state index < -0.39 is 0 Å². The number of hydrogen-bond acceptors (Lipinski definition) is 3. The van der Waals surface area contributed by atoms with Gasteiger partial charge in [0.05, 0.1) is 18.7 Å². The first kappa shape index (κ1) is 12.1. The number of aryl methyl sites for hydroxylation is 1. The molecule has 1 aliphatic heterocycles. The normalized spacial score (nSPS) is 19.5. The second-order valence-corrected chi connectivity index (χ2v) is 4.39. The number of nitrogens with zero attached hydrogens (tertiary/aromatic N) is 2. The molecule has 0 spiro atoms. The molecule has 0 radical (unpaired) electrons. The Morgan fingerprint density at radius 2 is 2.59 bits per heavy atom. The summed E-state index contributed by atoms with van der Waals surface area (Å²) in [5, 5.41) is 7.15. The smallest absolute Gasteiger partial charge is 0.225 e. The van der Waals surface area contributed by atoms with Gasteiger partial charge < -0.3 is 10.1 Å². The lowest BCUT2D eigenvalue weighted by molar-refractivity contribution is -0.125. The molecular formula is C12H19N3O2. The van der Waals surface area contributed by atoms with E-state index in [0.29, 0.717) is 19.8 Å². The largest absolute Gasteiger partial charge is 0.381 e. The summed E-state index contributed by atoms with van der Waals surface area (Å²) in [5.41, 5.74) is 1.05. The van der Waals surface area contributed by atoms with E-state index in [1.807, 2.05) is 10.9 Å². The van der Waals surface area contributed by atoms with E-state index in [9.17, 15) is 4.79 Å². The fraction of sp³-hybridized carbons (Fsp3) is 0.667. The van der Waals surface area contributed by atoms with E-state index in [2.05, 4.69) is 17.3 Å². The maximum Gasteiger partial charge on any atom is 0.225 e. The van der Waals surface area contributed by atoms with Crippen molar-refractivity contribution in [3.8, 4) is 0 Å². The molecule has 0 unspecified atom stereocenters. The van der Waals surface area contributed by atoms with Crippen molar-refractivity contribution in [2.24, 2.45) is 5.92 Å². The van der Waals surface area contributed by atoms with Crippen LogP contribution in [0.15, 0.2) is 12.4 Å². The molecule has 94 valence electrons. The fourth-order valence-electron chi connectivity index (χ4n) is 1.92. The number of hydrogen-bond donors (Lipinski definition) is 1. The maximum atomic E-state index is 11.7. The maximum absolute atomic E-state index is 11.7. The minimum Gasteiger partial charge on any atom is -0.381 e. The Hall–Kier alpha value is -1.36. The lowest BCUT2D eigenvalue weighted by atomic mass is 10.1. The molecule has 2 heterocycles. The molecule has 2 rings (SSSR count). The highest BCUT2D eigenvalue weighted by atomic mass is 16.5. The highest BCUT2D eigenvalue weighted by molar-refractivity contribution is 5.78. The van der Waals surface area contributed by atoms with Gasteiger partial charge in [0.2, 0.25) is 5.91 Å². The predicted octanol–water partition coefficient (Wildman–Crippen LogP) is 0.946. The van der Waals surface area contributed by atoms with Crippen molar-refractivity contribution in [3.05, 3.63) is 18.0 Å². The van der Waals surface area contributed by atoms with Gasteiger partial charge in [-0.15, -0.1) is 0 Å². The van der Waals surface area contributed by atoms with Crippen molar-refractivity contribution in [3.63, 3.8) is 0 Å². The summed E-state index contributed by atoms with van der Waals surface area (Å²) in [4.78, 5) is 11.7. The van der Waals surface area contributed by atoms with Crippen LogP contribution in [0.25, 0.3) is 0 Å². The van der Waals surface area contributed by atoms with Crippen LogP contribution in [0.3, 0.4) is 0 Å². The van der Waals surface area contributed by atoms with Crippen LogP contribution in [0.1, 0.15) is 25.3 Å². The summed E-state index contributed by atoms with van der Waals surface area (Å²) in [6.07, 6.45) is 5.68. The Kier molecular flexibility index (Phi) is 4.14. The zero-order valence-electron chi connectivity index (χ0n) is 10.2. The van der Waals surface area contributed by atoms with E-state index in [1.165, 1.54) is 0 Å². The van der Waals surface area contributed by atoms with Crippen molar-refractivity contribution in [1.82, 2.24) is 15.1 Å². The molecular weight excluding hydrogens is 218 g/mol. The summed E-state index contributed by atoms with van der Waals surface area (Å²) in [6.45, 7) is 4.85. The van der Waals surface area contributed by atoms with E-state index in [4.69, 9.17) is 4.74 Å². The molecule has 1 atom stereocenters. The van der Waals surface area contributed by atoms with Crippen LogP contribution in [0.4, 0.5) is 0 Å². The van der Waals surface area contributed by atoms with Crippen molar-refractivity contribution in [2.45, 2.75) is 32.9 Å². The fourth-order valence-corrected chi connectivity index (χ4v) is 1.92. The van der Waals surface area contributed by atoms with Crippen molar-refractivity contribution in [1.29, 1.82) is 0 Å². The zero-order valence-corrected chi connectivity index (χ0v) is 10.2. The Bertz CT molecular complexity index is 370. The van der Waals surface area contributed by atoms with Crippen LogP contribution in [0, 0.1) is 5.92 Å². The topological polar surface area (TPSA) is 56.2 Å². The van der Waals surface area contributed by atoms with E-state index in [0.717, 1.165) is 24.9 Å². The molecule has 5 nitrogen and oxygen atoms in total. The molecule has 1 aliphatic rings. The molecule has 1 amide bonds. The SMILES string of the molecule is CCCn1cc(CNC(=O)[C@@H]2CCOC2)cn1. The minimum atomic E-state index is 0.0284. The second-order valence-electron chi connectivity index (χ2n) is 4.39. The molecule has 0 aromatic carbocycles. The Balaban J connectivity index is 1.78. The van der Waals surface area contributed by atoms with Crippen molar-refractivity contribution < 1.29 is 9.53 Å². The summed E-state index contributed by atoms with van der Waals surface area (Å²) in [6, 6.07) is 0. The van der Waals surface area contributed by atoms with Gasteiger partial charge in [-0.1, -0.05) is 6.92 Å². The van der Waals surface area contributed by atoms with E-state index >= 15 is 0 Å². The van der Waals surface area contributed by atoms with Crippen LogP contribution >= 0.6 is 0 Å². The predicted molar refractivity (Wildman–Crippen MR) is 63.3 cm³/mol. The monoisotopic (exact) mass is 237 g/mol. The quantitative estimate of drug-likeness (QED) is 0.829. The minimum absolute atomic E-state index is 0.0284. The first-order valence-corrected chi connectivity index (χ1v) is 6.16. The molecule has 1 aromatic heterocycles. The van der Waals surface area contributed by atoms with E-state index in [-0.39, 0.29) is 11.8 Å². The molecule has 1 N–H and O–H groups in total. The van der Waals surface area contributed by atoms with Crippen LogP contribution < -0.4 is 5.32 Å². The number of carbonyl (C=O) groups is 1. The molecule has 1 aromatic rings. The highest BCUT2D eigenvalue weighted by Crippen LogP contribution is 2.12. The third kappa shape index (κ3) is 3.30. The summed E-state index contributed by atoms with van der Waals surface area (Å²) < 4.78 is 7.09. The zero-order chi connectivity index (χ0) is 12.1. The van der Waals surface area contributed by atoms with Crippen LogP contribution in [0.2, 0.25) is 0 Å². The third-order valence-electron chi connectivity index (χ3n) is 2.91. The lowest BCUT2D eigenvalue weighted by Crippen LogP contribution is -2.30. The second kappa shape index (κ2) is 5.82. The number of aromatic nitrogens is 2. The highest BCUT2D eigenvalue weighted by Gasteiger charge is 2.22. The standard InChI is InChI=1S/C12H19N3O2/c1-2-4-15-8-10(7-14-15)6-13-12(16)11-3-5-17-9-11/h7-8,11H,2-6,9H2,1H3,(H,13,16)/t11-/m1/s1. The molecule has 0 aliphatic carbocycles. The molecule has 1 saturated heterocycles. The van der Waals surface area contributed by atoms with Crippen molar-refractivity contribution in [2.75, 3.05) is 13.2 Å². The van der Waals surface area contributed by atoms with Gasteiger partial charge in [0.1, 0.15) is 0 Å². The van der Waals surface area contributed by atoms with Crippen LogP contribution in [0.5, 0.6) is 0 Å². The molecule has 0 bridgehead atoms. The van der Waals surface area contributed by atoms with Crippen molar-refractivity contribution >= 4 is 5.91 Å². The Morgan fingerprint density at radius 3 is 3.29 bits per heavy atom. The number of rotatable bonds is 5. The Morgan fingerprint density at radius 1 is 1.71 bits per heavy atom. The number of amides is 1. The average molecular weight is 237 g/mol.